The van der Waals surface area contributed by atoms with Crippen molar-refractivity contribution in [3.8, 4) is 11.3 Å². The van der Waals surface area contributed by atoms with E-state index in [9.17, 15) is 9.59 Å². The van der Waals surface area contributed by atoms with Crippen LogP contribution < -0.4 is 5.32 Å². The predicted octanol–water partition coefficient (Wildman–Crippen LogP) is 2.65. The molecule has 2 aliphatic rings. The van der Waals surface area contributed by atoms with Crippen molar-refractivity contribution in [2.45, 2.75) is 18.4 Å². The Bertz CT molecular complexity index is 827. The molecule has 0 bridgehead atoms. The molecule has 26 heavy (non-hydrogen) atoms. The number of aromatic nitrogens is 2. The average Bonchev–Trinajstić information content (AvgIpc) is 3.20. The molecular formula is C17H19N5O3S. The number of piperidine rings is 1. The number of carbonyl (C=O) groups excluding carboxylic acids is 2. The maximum Gasteiger partial charge on any atom is 0.410 e. The van der Waals surface area contributed by atoms with Crippen LogP contribution >= 0.6 is 11.5 Å². The molecule has 2 aromatic rings. The van der Waals surface area contributed by atoms with Crippen LogP contribution in [0.25, 0.3) is 11.3 Å². The van der Waals surface area contributed by atoms with Crippen LogP contribution in [0.2, 0.25) is 0 Å². The molecule has 8 nitrogen and oxygen atoms in total. The molecule has 1 aromatic heterocycles. The molecule has 1 aromatic carbocycles. The first-order valence-electron chi connectivity index (χ1n) is 8.44. The first kappa shape index (κ1) is 16.8. The van der Waals surface area contributed by atoms with Gasteiger partial charge in [-0.05, 0) is 12.8 Å². The van der Waals surface area contributed by atoms with Crippen LogP contribution in [0.3, 0.4) is 0 Å². The highest BCUT2D eigenvalue weighted by Crippen LogP contribution is 2.33. The number of rotatable bonds is 2. The number of nitrogens with zero attached hydrogens (tertiary/aromatic N) is 4. The molecule has 9 heteroatoms. The number of likely N-dealkylation sites (tertiary alicyclic amines) is 1. The number of urea groups is 1. The Balaban J connectivity index is 1.48. The fourth-order valence-electron chi connectivity index (χ4n) is 3.51. The summed E-state index contributed by atoms with van der Waals surface area (Å²) in [7, 11) is 1.71. The van der Waals surface area contributed by atoms with Gasteiger partial charge in [0.15, 0.2) is 0 Å². The number of likely N-dealkylation sites (N-methyl/N-ethyl adjacent to an activating group) is 1. The Labute approximate surface area is 154 Å². The molecule has 0 radical (unpaired) electrons. The van der Waals surface area contributed by atoms with E-state index in [0.29, 0.717) is 30.3 Å². The zero-order chi connectivity index (χ0) is 18.1. The molecule has 3 amide bonds. The molecule has 2 fully saturated rings. The fourth-order valence-corrected chi connectivity index (χ4v) is 4.09. The Kier molecular flexibility index (Phi) is 4.23. The number of carbonyl (C=O) groups is 2. The van der Waals surface area contributed by atoms with Gasteiger partial charge in [-0.25, -0.2) is 9.59 Å². The van der Waals surface area contributed by atoms with Crippen molar-refractivity contribution in [3.63, 3.8) is 0 Å². The number of hydrogen-bond acceptors (Lipinski definition) is 6. The lowest BCUT2D eigenvalue weighted by atomic mass is 9.93. The minimum absolute atomic E-state index is 0.224. The van der Waals surface area contributed by atoms with Crippen LogP contribution in [0.5, 0.6) is 0 Å². The summed E-state index contributed by atoms with van der Waals surface area (Å²) in [5, 5.41) is 7.66. The van der Waals surface area contributed by atoms with Crippen molar-refractivity contribution in [2.75, 3.05) is 32.0 Å². The van der Waals surface area contributed by atoms with Gasteiger partial charge in [0.25, 0.3) is 0 Å². The van der Waals surface area contributed by atoms with Crippen LogP contribution in [0, 0.1) is 0 Å². The predicted molar refractivity (Wildman–Crippen MR) is 97.0 cm³/mol. The quantitative estimate of drug-likeness (QED) is 0.874. The van der Waals surface area contributed by atoms with Crippen molar-refractivity contribution >= 4 is 28.7 Å². The molecule has 1 spiro atoms. The number of nitrogens with one attached hydrogen (secondary N) is 1. The maximum atomic E-state index is 12.8. The Morgan fingerprint density at radius 3 is 2.85 bits per heavy atom. The number of anilines is 1. The molecule has 3 heterocycles. The van der Waals surface area contributed by atoms with Crippen molar-refractivity contribution < 1.29 is 14.3 Å². The Hall–Kier alpha value is -2.68. The third-order valence-electron chi connectivity index (χ3n) is 4.72. The van der Waals surface area contributed by atoms with Crippen LogP contribution in [0.1, 0.15) is 12.8 Å². The summed E-state index contributed by atoms with van der Waals surface area (Å²) < 4.78 is 9.52. The number of amides is 3. The van der Waals surface area contributed by atoms with Crippen molar-refractivity contribution in [1.29, 1.82) is 0 Å². The topological polar surface area (TPSA) is 87.7 Å². The standard InChI is InChI=1S/C17H19N5O3S/c1-21-10-17(25-16(21)24)8-5-9-22(11-17)15(23)18-14-13(19-20-26-14)12-6-3-2-4-7-12/h2-4,6-7H,5,8-11H2,1H3,(H,18,23). The zero-order valence-electron chi connectivity index (χ0n) is 14.3. The lowest BCUT2D eigenvalue weighted by molar-refractivity contribution is 0.00498. The molecule has 4 rings (SSSR count). The zero-order valence-corrected chi connectivity index (χ0v) is 15.2. The van der Waals surface area contributed by atoms with Crippen LogP contribution in [-0.4, -0.2) is 63.8 Å². The SMILES string of the molecule is CN1CC2(CCCN(C(=O)Nc3snnc3-c3ccccc3)C2)OC1=O. The van der Waals surface area contributed by atoms with Crippen molar-refractivity contribution in [1.82, 2.24) is 19.4 Å². The number of hydrogen-bond donors (Lipinski definition) is 1. The van der Waals surface area contributed by atoms with Gasteiger partial charge in [0.1, 0.15) is 16.3 Å². The van der Waals surface area contributed by atoms with E-state index in [1.54, 1.807) is 16.8 Å². The third-order valence-corrected chi connectivity index (χ3v) is 5.36. The second-order valence-corrected chi connectivity index (χ2v) is 7.43. The van der Waals surface area contributed by atoms with Gasteiger partial charge in [0.2, 0.25) is 0 Å². The van der Waals surface area contributed by atoms with E-state index in [1.165, 1.54) is 0 Å². The van der Waals surface area contributed by atoms with E-state index in [2.05, 4.69) is 14.9 Å². The summed E-state index contributed by atoms with van der Waals surface area (Å²) in [6, 6.07) is 9.39. The highest BCUT2D eigenvalue weighted by Gasteiger charge is 2.47. The molecule has 0 aliphatic carbocycles. The summed E-state index contributed by atoms with van der Waals surface area (Å²) >= 11 is 1.15. The van der Waals surface area contributed by atoms with Gasteiger partial charge in [0, 0.05) is 30.7 Å². The molecule has 1 N–H and O–H groups in total. The van der Waals surface area contributed by atoms with Gasteiger partial charge < -0.3 is 14.5 Å². The van der Waals surface area contributed by atoms with Gasteiger partial charge >= 0.3 is 12.1 Å². The summed E-state index contributed by atoms with van der Waals surface area (Å²) in [5.41, 5.74) is 0.955. The van der Waals surface area contributed by atoms with Crippen molar-refractivity contribution in [2.24, 2.45) is 0 Å². The van der Waals surface area contributed by atoms with E-state index in [0.717, 1.165) is 29.9 Å². The molecule has 136 valence electrons. The summed E-state index contributed by atoms with van der Waals surface area (Å²) in [6.45, 7) is 1.52. The lowest BCUT2D eigenvalue weighted by Crippen LogP contribution is -2.53. The highest BCUT2D eigenvalue weighted by molar-refractivity contribution is 7.10. The van der Waals surface area contributed by atoms with Crippen molar-refractivity contribution in [3.05, 3.63) is 30.3 Å². The maximum absolute atomic E-state index is 12.8. The highest BCUT2D eigenvalue weighted by atomic mass is 32.1. The molecule has 2 saturated heterocycles. The molecular weight excluding hydrogens is 354 g/mol. The minimum Gasteiger partial charge on any atom is -0.439 e. The lowest BCUT2D eigenvalue weighted by Gasteiger charge is -2.38. The molecule has 1 unspecified atom stereocenters. The van der Waals surface area contributed by atoms with Crippen LogP contribution in [0.15, 0.2) is 30.3 Å². The second kappa shape index (κ2) is 6.56. The third kappa shape index (κ3) is 3.10. The monoisotopic (exact) mass is 373 g/mol. The summed E-state index contributed by atoms with van der Waals surface area (Å²) in [4.78, 5) is 27.8. The molecule has 1 atom stereocenters. The van der Waals surface area contributed by atoms with E-state index in [4.69, 9.17) is 4.74 Å². The summed E-state index contributed by atoms with van der Waals surface area (Å²) in [6.07, 6.45) is 1.23. The average molecular weight is 373 g/mol. The molecule has 0 saturated carbocycles. The van der Waals surface area contributed by atoms with E-state index in [1.807, 2.05) is 30.3 Å². The smallest absolute Gasteiger partial charge is 0.410 e. The molecule has 2 aliphatic heterocycles. The summed E-state index contributed by atoms with van der Waals surface area (Å²) in [5.74, 6) is 0. The Morgan fingerprint density at radius 2 is 2.12 bits per heavy atom. The van der Waals surface area contributed by atoms with E-state index >= 15 is 0 Å². The number of ether oxygens (including phenoxy) is 1. The van der Waals surface area contributed by atoms with Gasteiger partial charge in [-0.1, -0.05) is 34.8 Å². The first-order chi connectivity index (χ1) is 12.6. The van der Waals surface area contributed by atoms with Crippen LogP contribution in [-0.2, 0) is 4.74 Å². The van der Waals surface area contributed by atoms with E-state index in [-0.39, 0.29) is 12.1 Å². The van der Waals surface area contributed by atoms with Gasteiger partial charge in [0.05, 0.1) is 13.1 Å². The first-order valence-corrected chi connectivity index (χ1v) is 9.21. The van der Waals surface area contributed by atoms with Gasteiger partial charge in [-0.3, -0.25) is 5.32 Å². The largest absolute Gasteiger partial charge is 0.439 e. The fraction of sp³-hybridized carbons (Fsp3) is 0.412. The van der Waals surface area contributed by atoms with E-state index < -0.39 is 5.60 Å². The Morgan fingerprint density at radius 1 is 1.31 bits per heavy atom. The van der Waals surface area contributed by atoms with Gasteiger partial charge in [-0.15, -0.1) is 5.10 Å². The van der Waals surface area contributed by atoms with Gasteiger partial charge in [-0.2, -0.15) is 0 Å². The van der Waals surface area contributed by atoms with Crippen LogP contribution in [0.4, 0.5) is 14.6 Å². The minimum atomic E-state index is -0.602. The number of benzene rings is 1. The normalized spacial score (nSPS) is 22.6. The second-order valence-electron chi connectivity index (χ2n) is 6.68.